The molecule has 1 aliphatic rings. The zero-order chi connectivity index (χ0) is 14.0. The van der Waals surface area contributed by atoms with Gasteiger partial charge in [0.1, 0.15) is 5.82 Å². The lowest BCUT2D eigenvalue weighted by molar-refractivity contribution is 0.0790. The molecule has 0 spiro atoms. The van der Waals surface area contributed by atoms with Crippen LogP contribution < -0.4 is 4.72 Å². The van der Waals surface area contributed by atoms with E-state index in [4.69, 9.17) is 0 Å². The maximum Gasteiger partial charge on any atom is 0.253 e. The van der Waals surface area contributed by atoms with E-state index in [-0.39, 0.29) is 11.9 Å². The predicted molar refractivity (Wildman–Crippen MR) is 68.7 cm³/mol. The van der Waals surface area contributed by atoms with Crippen LogP contribution in [0.25, 0.3) is 0 Å². The summed E-state index contributed by atoms with van der Waals surface area (Å²) in [6.07, 6.45) is 1.68. The fraction of sp³-hybridized carbons (Fsp3) is 0.417. The molecule has 1 aliphatic heterocycles. The van der Waals surface area contributed by atoms with Crippen molar-refractivity contribution in [3.63, 3.8) is 0 Å². The minimum absolute atomic E-state index is 0.210. The van der Waals surface area contributed by atoms with Gasteiger partial charge in [0.05, 0.1) is 6.26 Å². The van der Waals surface area contributed by atoms with Crippen molar-refractivity contribution >= 4 is 15.9 Å². The topological polar surface area (TPSA) is 66.5 Å². The van der Waals surface area contributed by atoms with Crippen LogP contribution in [-0.4, -0.2) is 44.6 Å². The average Bonchev–Trinajstić information content (AvgIpc) is 2.75. The summed E-state index contributed by atoms with van der Waals surface area (Å²) in [5, 5.41) is 0. The van der Waals surface area contributed by atoms with Gasteiger partial charge in [0, 0.05) is 24.7 Å². The summed E-state index contributed by atoms with van der Waals surface area (Å²) in [5.74, 6) is -0.604. The first-order chi connectivity index (χ1) is 8.85. The zero-order valence-corrected chi connectivity index (χ0v) is 11.3. The van der Waals surface area contributed by atoms with Crippen molar-refractivity contribution in [1.82, 2.24) is 9.62 Å². The van der Waals surface area contributed by atoms with Crippen LogP contribution in [0.2, 0.25) is 0 Å². The highest BCUT2D eigenvalue weighted by atomic mass is 32.2. The van der Waals surface area contributed by atoms with E-state index in [9.17, 15) is 17.6 Å². The monoisotopic (exact) mass is 286 g/mol. The third-order valence-corrected chi connectivity index (χ3v) is 3.71. The summed E-state index contributed by atoms with van der Waals surface area (Å²) in [6.45, 7) is 0.826. The molecule has 104 valence electrons. The molecule has 7 heteroatoms. The molecule has 0 aromatic heterocycles. The summed E-state index contributed by atoms with van der Waals surface area (Å²) in [5.41, 5.74) is 0.404. The van der Waals surface area contributed by atoms with E-state index in [0.717, 1.165) is 6.26 Å². The predicted octanol–water partition coefficient (Wildman–Crippen LogP) is 0.589. The molecular formula is C12H15FN2O3S. The molecule has 2 rings (SSSR count). The maximum atomic E-state index is 12.8. The average molecular weight is 286 g/mol. The van der Waals surface area contributed by atoms with Crippen molar-refractivity contribution in [3.05, 3.63) is 35.6 Å². The highest BCUT2D eigenvalue weighted by molar-refractivity contribution is 7.88. The highest BCUT2D eigenvalue weighted by Gasteiger charge is 2.28. The van der Waals surface area contributed by atoms with Crippen LogP contribution in [0.5, 0.6) is 0 Å². The maximum absolute atomic E-state index is 12.8. The lowest BCUT2D eigenvalue weighted by Crippen LogP contribution is -2.37. The molecule has 5 nitrogen and oxygen atoms in total. The van der Waals surface area contributed by atoms with E-state index in [0.29, 0.717) is 25.1 Å². The van der Waals surface area contributed by atoms with Gasteiger partial charge in [-0.1, -0.05) is 0 Å². The van der Waals surface area contributed by atoms with E-state index in [2.05, 4.69) is 4.72 Å². The van der Waals surface area contributed by atoms with Crippen LogP contribution in [-0.2, 0) is 10.0 Å². The van der Waals surface area contributed by atoms with Gasteiger partial charge in [-0.15, -0.1) is 0 Å². The summed E-state index contributed by atoms with van der Waals surface area (Å²) < 4.78 is 37.5. The molecule has 1 N–H and O–H groups in total. The summed E-state index contributed by atoms with van der Waals surface area (Å²) in [6, 6.07) is 5.06. The number of amides is 1. The van der Waals surface area contributed by atoms with Crippen LogP contribution in [0.1, 0.15) is 16.8 Å². The van der Waals surface area contributed by atoms with Crippen molar-refractivity contribution in [2.45, 2.75) is 12.5 Å². The number of rotatable bonds is 3. The minimum atomic E-state index is -3.26. The van der Waals surface area contributed by atoms with Gasteiger partial charge in [0.2, 0.25) is 10.0 Å². The third-order valence-electron chi connectivity index (χ3n) is 2.95. The van der Waals surface area contributed by atoms with E-state index >= 15 is 0 Å². The Hall–Kier alpha value is -1.47. The number of nitrogens with zero attached hydrogens (tertiary/aromatic N) is 1. The zero-order valence-electron chi connectivity index (χ0n) is 10.5. The fourth-order valence-electron chi connectivity index (χ4n) is 2.12. The van der Waals surface area contributed by atoms with Gasteiger partial charge in [-0.25, -0.2) is 17.5 Å². The molecule has 1 aromatic rings. The van der Waals surface area contributed by atoms with Gasteiger partial charge < -0.3 is 4.90 Å². The second kappa shape index (κ2) is 5.26. The molecule has 0 saturated carbocycles. The van der Waals surface area contributed by atoms with Crippen LogP contribution in [0.15, 0.2) is 24.3 Å². The Morgan fingerprint density at radius 1 is 1.37 bits per heavy atom. The van der Waals surface area contributed by atoms with E-state index < -0.39 is 15.8 Å². The number of halogens is 1. The number of hydrogen-bond donors (Lipinski definition) is 1. The van der Waals surface area contributed by atoms with Crippen molar-refractivity contribution < 1.29 is 17.6 Å². The normalized spacial score (nSPS) is 19.7. The molecule has 1 amide bonds. The molecule has 0 radical (unpaired) electrons. The Morgan fingerprint density at radius 3 is 2.58 bits per heavy atom. The van der Waals surface area contributed by atoms with Crippen molar-refractivity contribution in [2.24, 2.45) is 0 Å². The fourth-order valence-corrected chi connectivity index (χ4v) is 2.92. The second-order valence-corrected chi connectivity index (χ2v) is 6.41. The van der Waals surface area contributed by atoms with Crippen molar-refractivity contribution in [1.29, 1.82) is 0 Å². The van der Waals surface area contributed by atoms with Crippen LogP contribution in [0.3, 0.4) is 0 Å². The number of hydrogen-bond acceptors (Lipinski definition) is 3. The number of likely N-dealkylation sites (tertiary alicyclic amines) is 1. The molecule has 1 saturated heterocycles. The Labute approximate surface area is 111 Å². The number of carbonyl (C=O) groups excluding carboxylic acids is 1. The van der Waals surface area contributed by atoms with Crippen molar-refractivity contribution in [3.8, 4) is 0 Å². The Kier molecular flexibility index (Phi) is 3.86. The molecular weight excluding hydrogens is 271 g/mol. The standard InChI is InChI=1S/C12H15FN2O3S/c1-19(17,18)14-11-6-7-15(8-11)12(16)9-2-4-10(13)5-3-9/h2-5,11,14H,6-8H2,1H3. The lowest BCUT2D eigenvalue weighted by Gasteiger charge is -2.16. The number of nitrogens with one attached hydrogen (secondary N) is 1. The molecule has 1 aromatic carbocycles. The van der Waals surface area contributed by atoms with Gasteiger partial charge in [0.15, 0.2) is 0 Å². The highest BCUT2D eigenvalue weighted by Crippen LogP contribution is 2.14. The summed E-state index contributed by atoms with van der Waals surface area (Å²) in [4.78, 5) is 13.7. The number of sulfonamides is 1. The quantitative estimate of drug-likeness (QED) is 0.884. The second-order valence-electron chi connectivity index (χ2n) is 4.63. The van der Waals surface area contributed by atoms with E-state index in [1.165, 1.54) is 24.3 Å². The van der Waals surface area contributed by atoms with Gasteiger partial charge in [-0.05, 0) is 30.7 Å². The molecule has 0 aliphatic carbocycles. The smallest absolute Gasteiger partial charge is 0.253 e. The minimum Gasteiger partial charge on any atom is -0.337 e. The van der Waals surface area contributed by atoms with Gasteiger partial charge in [-0.2, -0.15) is 0 Å². The van der Waals surface area contributed by atoms with Gasteiger partial charge >= 0.3 is 0 Å². The van der Waals surface area contributed by atoms with Crippen LogP contribution in [0, 0.1) is 5.82 Å². The van der Waals surface area contributed by atoms with Crippen LogP contribution >= 0.6 is 0 Å². The molecule has 1 heterocycles. The summed E-state index contributed by atoms with van der Waals surface area (Å²) in [7, 11) is -3.26. The molecule has 0 bridgehead atoms. The first-order valence-electron chi connectivity index (χ1n) is 5.87. The van der Waals surface area contributed by atoms with Crippen molar-refractivity contribution in [2.75, 3.05) is 19.3 Å². The SMILES string of the molecule is CS(=O)(=O)NC1CCN(C(=O)c2ccc(F)cc2)C1. The largest absolute Gasteiger partial charge is 0.337 e. The van der Waals surface area contributed by atoms with Gasteiger partial charge in [0.25, 0.3) is 5.91 Å². The molecule has 1 atom stereocenters. The van der Waals surface area contributed by atoms with E-state index in [1.807, 2.05) is 0 Å². The summed E-state index contributed by atoms with van der Waals surface area (Å²) >= 11 is 0. The Morgan fingerprint density at radius 2 is 2.00 bits per heavy atom. The molecule has 1 unspecified atom stereocenters. The number of benzene rings is 1. The van der Waals surface area contributed by atoms with Gasteiger partial charge in [-0.3, -0.25) is 4.79 Å². The van der Waals surface area contributed by atoms with Crippen LogP contribution in [0.4, 0.5) is 4.39 Å². The first-order valence-corrected chi connectivity index (χ1v) is 7.76. The van der Waals surface area contributed by atoms with E-state index in [1.54, 1.807) is 4.90 Å². The molecule has 1 fully saturated rings. The lowest BCUT2D eigenvalue weighted by atomic mass is 10.2. The Bertz CT molecular complexity index is 571. The number of carbonyl (C=O) groups is 1. The first kappa shape index (κ1) is 14.0. The third kappa shape index (κ3) is 3.74. The molecule has 19 heavy (non-hydrogen) atoms. The Balaban J connectivity index is 2.01.